The molecule has 3 heterocycles. The summed E-state index contributed by atoms with van der Waals surface area (Å²) in [5.41, 5.74) is 10.6. The van der Waals surface area contributed by atoms with Crippen LogP contribution in [0.2, 0.25) is 0 Å². The van der Waals surface area contributed by atoms with Gasteiger partial charge in [0.25, 0.3) is 0 Å². The zero-order valence-electron chi connectivity index (χ0n) is 35.0. The second-order valence-corrected chi connectivity index (χ2v) is 20.7. The molecule has 0 unspecified atom stereocenters. The highest BCUT2D eigenvalue weighted by atomic mass is 28.3. The van der Waals surface area contributed by atoms with Crippen molar-refractivity contribution >= 4 is 94.2 Å². The third-order valence-corrected chi connectivity index (χ3v) is 18.3. The molecular weight excluding hydrogens is 791 g/mol. The first kappa shape index (κ1) is 36.5. The number of benzene rings is 10. The van der Waals surface area contributed by atoms with Crippen LogP contribution in [0.5, 0.6) is 0 Å². The summed E-state index contributed by atoms with van der Waals surface area (Å²) in [6.07, 6.45) is 0. The molecule has 0 aliphatic heterocycles. The van der Waals surface area contributed by atoms with E-state index >= 15 is 0 Å². The highest BCUT2D eigenvalue weighted by Gasteiger charge is 2.41. The van der Waals surface area contributed by atoms with Gasteiger partial charge in [-0.2, -0.15) is 0 Å². The minimum Gasteiger partial charge on any atom is -0.309 e. The molecule has 0 atom stereocenters. The van der Waals surface area contributed by atoms with Crippen molar-refractivity contribution in [3.05, 3.63) is 249 Å². The number of nitrogens with zero attached hydrogens (tertiary/aromatic N) is 3. The van der Waals surface area contributed by atoms with E-state index in [2.05, 4.69) is 262 Å². The van der Waals surface area contributed by atoms with Gasteiger partial charge in [-0.1, -0.05) is 176 Å². The molecule has 0 amide bonds. The van der Waals surface area contributed by atoms with Gasteiger partial charge in [-0.15, -0.1) is 0 Å². The second kappa shape index (κ2) is 14.5. The van der Waals surface area contributed by atoms with Gasteiger partial charge in [0.2, 0.25) is 0 Å². The summed E-state index contributed by atoms with van der Waals surface area (Å²) in [7, 11) is -2.80. The van der Waals surface area contributed by atoms with Crippen LogP contribution >= 0.6 is 0 Å². The molecule has 3 aromatic heterocycles. The largest absolute Gasteiger partial charge is 0.309 e. The molecule has 3 nitrogen and oxygen atoms in total. The van der Waals surface area contributed by atoms with Gasteiger partial charge in [0.1, 0.15) is 0 Å². The van der Waals surface area contributed by atoms with E-state index in [1.807, 2.05) is 0 Å². The molecule has 10 aromatic carbocycles. The van der Waals surface area contributed by atoms with Gasteiger partial charge in [-0.25, -0.2) is 0 Å². The molecule has 13 rings (SSSR count). The van der Waals surface area contributed by atoms with Crippen molar-refractivity contribution in [2.24, 2.45) is 0 Å². The first-order valence-electron chi connectivity index (χ1n) is 22.1. The number of para-hydroxylation sites is 4. The van der Waals surface area contributed by atoms with Crippen LogP contribution in [-0.4, -0.2) is 21.8 Å². The van der Waals surface area contributed by atoms with Crippen LogP contribution in [0.3, 0.4) is 0 Å². The zero-order valence-corrected chi connectivity index (χ0v) is 36.0. The number of rotatable bonds is 7. The topological polar surface area (TPSA) is 14.8 Å². The van der Waals surface area contributed by atoms with Gasteiger partial charge >= 0.3 is 0 Å². The number of fused-ring (bicyclic) bond motifs is 9. The van der Waals surface area contributed by atoms with Crippen molar-refractivity contribution < 1.29 is 0 Å². The van der Waals surface area contributed by atoms with Crippen LogP contribution in [0.15, 0.2) is 249 Å². The van der Waals surface area contributed by atoms with E-state index in [1.54, 1.807) is 0 Å². The van der Waals surface area contributed by atoms with E-state index in [9.17, 15) is 0 Å². The molecular formula is C60H41N3Si. The standard InChI is InChI=1S/C60H41N3Si/c1-5-19-42(20-6-1)61-58-37-33-43(62-55-30-16-13-27-49(55)50-28-14-17-31-56(50)62)39-53(58)54-40-44(34-38-59(54)61)63-57-32-18-15-29-51(57)52-36-35-48(41-60(52)63)64(45-21-7-2-8-22-45,46-23-9-3-10-24-46)47-25-11-4-12-26-47/h1-41H. The van der Waals surface area contributed by atoms with Crippen LogP contribution in [0, 0.1) is 0 Å². The molecule has 0 spiro atoms. The van der Waals surface area contributed by atoms with Gasteiger partial charge in [0.05, 0.1) is 33.1 Å². The Bertz CT molecular complexity index is 3730. The molecule has 64 heavy (non-hydrogen) atoms. The summed E-state index contributed by atoms with van der Waals surface area (Å²) in [6.45, 7) is 0. The Morgan fingerprint density at radius 2 is 0.547 bits per heavy atom. The molecule has 0 aliphatic carbocycles. The fraction of sp³-hybridized carbons (Fsp3) is 0. The quantitative estimate of drug-likeness (QED) is 0.112. The van der Waals surface area contributed by atoms with Crippen LogP contribution < -0.4 is 20.7 Å². The highest BCUT2D eigenvalue weighted by Crippen LogP contribution is 2.39. The third-order valence-electron chi connectivity index (χ3n) is 13.6. The molecule has 0 saturated heterocycles. The lowest BCUT2D eigenvalue weighted by Crippen LogP contribution is -2.74. The van der Waals surface area contributed by atoms with Crippen molar-refractivity contribution in [3.8, 4) is 17.1 Å². The van der Waals surface area contributed by atoms with Gasteiger partial charge in [-0.3, -0.25) is 0 Å². The number of hydrogen-bond acceptors (Lipinski definition) is 0. The summed E-state index contributed by atoms with van der Waals surface area (Å²) in [5.74, 6) is 0. The van der Waals surface area contributed by atoms with E-state index in [4.69, 9.17) is 0 Å². The van der Waals surface area contributed by atoms with E-state index in [0.717, 1.165) is 17.1 Å². The summed E-state index contributed by atoms with van der Waals surface area (Å²) in [5, 5.41) is 12.9. The van der Waals surface area contributed by atoms with Gasteiger partial charge < -0.3 is 13.7 Å². The Hall–Kier alpha value is -8.18. The predicted molar refractivity (Wildman–Crippen MR) is 273 cm³/mol. The third kappa shape index (κ3) is 5.33. The lowest BCUT2D eigenvalue weighted by atomic mass is 10.1. The van der Waals surface area contributed by atoms with Crippen molar-refractivity contribution in [3.63, 3.8) is 0 Å². The van der Waals surface area contributed by atoms with Crippen LogP contribution in [0.4, 0.5) is 0 Å². The Morgan fingerprint density at radius 1 is 0.203 bits per heavy atom. The smallest absolute Gasteiger partial charge is 0.179 e. The molecule has 0 radical (unpaired) electrons. The van der Waals surface area contributed by atoms with Gasteiger partial charge in [0.15, 0.2) is 8.07 Å². The minimum atomic E-state index is -2.80. The van der Waals surface area contributed by atoms with Crippen LogP contribution in [0.25, 0.3) is 82.5 Å². The summed E-state index contributed by atoms with van der Waals surface area (Å²) in [4.78, 5) is 0. The van der Waals surface area contributed by atoms with Crippen molar-refractivity contribution in [2.75, 3.05) is 0 Å². The second-order valence-electron chi connectivity index (χ2n) is 16.9. The number of hydrogen-bond donors (Lipinski definition) is 0. The first-order chi connectivity index (χ1) is 31.8. The maximum Gasteiger partial charge on any atom is 0.179 e. The zero-order chi connectivity index (χ0) is 42.2. The molecule has 4 heteroatoms. The van der Waals surface area contributed by atoms with E-state index in [1.165, 1.54) is 86.2 Å². The Labute approximate surface area is 372 Å². The first-order valence-corrected chi connectivity index (χ1v) is 24.1. The van der Waals surface area contributed by atoms with Gasteiger partial charge in [0, 0.05) is 49.4 Å². The molecule has 0 fully saturated rings. The van der Waals surface area contributed by atoms with E-state index in [-0.39, 0.29) is 0 Å². The molecule has 0 aliphatic rings. The fourth-order valence-corrected chi connectivity index (χ4v) is 15.6. The maximum absolute atomic E-state index is 2.80. The molecule has 0 saturated carbocycles. The summed E-state index contributed by atoms with van der Waals surface area (Å²) in [6, 6.07) is 92.3. The Balaban J connectivity index is 1.10. The summed E-state index contributed by atoms with van der Waals surface area (Å²) >= 11 is 0. The average Bonchev–Trinajstić information content (AvgIpc) is 4.00. The lowest BCUT2D eigenvalue weighted by Gasteiger charge is -2.34. The SMILES string of the molecule is c1ccc(-n2c3ccc(-n4c5ccccc5c5ccccc54)cc3c3cc(-n4c5ccccc5c5ccc([Si](c6ccccc6)(c6ccccc6)c6ccccc6)cc54)ccc32)cc1. The summed E-state index contributed by atoms with van der Waals surface area (Å²) < 4.78 is 7.36. The molecule has 0 N–H and O–H groups in total. The number of aromatic nitrogens is 3. The molecule has 0 bridgehead atoms. The van der Waals surface area contributed by atoms with Gasteiger partial charge in [-0.05, 0) is 93.5 Å². The normalized spacial score (nSPS) is 12.1. The molecule has 300 valence electrons. The Morgan fingerprint density at radius 3 is 1.00 bits per heavy atom. The molecule has 13 aromatic rings. The van der Waals surface area contributed by atoms with Crippen molar-refractivity contribution in [2.45, 2.75) is 0 Å². The van der Waals surface area contributed by atoms with Crippen LogP contribution in [0.1, 0.15) is 0 Å². The van der Waals surface area contributed by atoms with E-state index < -0.39 is 8.07 Å². The average molecular weight is 832 g/mol. The van der Waals surface area contributed by atoms with E-state index in [0.29, 0.717) is 0 Å². The maximum atomic E-state index is 2.52. The van der Waals surface area contributed by atoms with Crippen molar-refractivity contribution in [1.29, 1.82) is 0 Å². The predicted octanol–water partition coefficient (Wildman–Crippen LogP) is 12.4. The minimum absolute atomic E-state index is 1.14. The lowest BCUT2D eigenvalue weighted by molar-refractivity contribution is 1.16. The monoisotopic (exact) mass is 831 g/mol. The fourth-order valence-electron chi connectivity index (χ4n) is 10.9. The highest BCUT2D eigenvalue weighted by molar-refractivity contribution is 7.20. The Kier molecular flexibility index (Phi) is 8.23. The van der Waals surface area contributed by atoms with Crippen LogP contribution in [-0.2, 0) is 0 Å². The van der Waals surface area contributed by atoms with Crippen molar-refractivity contribution in [1.82, 2.24) is 13.7 Å².